The van der Waals surface area contributed by atoms with Crippen LogP contribution in [-0.2, 0) is 24.3 Å². The van der Waals surface area contributed by atoms with E-state index in [1.54, 1.807) is 7.11 Å². The fourth-order valence-electron chi connectivity index (χ4n) is 5.22. The SMILES string of the molecule is COCc1nc2n(n1)C[C@H](N[C@@H]1CCCCC13CCCC3)CC2. The number of aromatic nitrogens is 3. The Morgan fingerprint density at radius 3 is 2.74 bits per heavy atom. The molecule has 1 aromatic rings. The van der Waals surface area contributed by atoms with E-state index in [0.29, 0.717) is 18.1 Å². The molecule has 4 rings (SSSR count). The number of hydrogen-bond donors (Lipinski definition) is 1. The van der Waals surface area contributed by atoms with Crippen molar-refractivity contribution in [2.24, 2.45) is 5.41 Å². The minimum absolute atomic E-state index is 0.518. The molecular weight excluding hydrogens is 288 g/mol. The molecule has 0 amide bonds. The van der Waals surface area contributed by atoms with Crippen LogP contribution in [0, 0.1) is 5.41 Å². The third kappa shape index (κ3) is 3.05. The Hall–Kier alpha value is -0.940. The largest absolute Gasteiger partial charge is 0.377 e. The summed E-state index contributed by atoms with van der Waals surface area (Å²) in [7, 11) is 1.70. The van der Waals surface area contributed by atoms with Crippen LogP contribution in [0.3, 0.4) is 0 Å². The Kier molecular flexibility index (Phi) is 4.41. The van der Waals surface area contributed by atoms with Crippen LogP contribution in [0.1, 0.15) is 69.4 Å². The fraction of sp³-hybridized carbons (Fsp3) is 0.889. The molecule has 2 fully saturated rings. The standard InChI is InChI=1S/C18H30N4O/c1-23-13-16-20-17-8-7-14(12-22(17)21-16)19-15-6-2-3-9-18(15)10-4-5-11-18/h14-15,19H,2-13H2,1H3/t14-,15-/m1/s1. The van der Waals surface area contributed by atoms with Gasteiger partial charge in [-0.05, 0) is 37.5 Å². The van der Waals surface area contributed by atoms with Gasteiger partial charge in [-0.15, -0.1) is 0 Å². The highest BCUT2D eigenvalue weighted by molar-refractivity contribution is 5.01. The van der Waals surface area contributed by atoms with Gasteiger partial charge in [-0.25, -0.2) is 9.67 Å². The second kappa shape index (κ2) is 6.52. The number of hydrogen-bond acceptors (Lipinski definition) is 4. The molecule has 0 radical (unpaired) electrons. The molecule has 1 aromatic heterocycles. The van der Waals surface area contributed by atoms with Crippen LogP contribution in [0.5, 0.6) is 0 Å². The van der Waals surface area contributed by atoms with Gasteiger partial charge >= 0.3 is 0 Å². The predicted octanol–water partition coefficient (Wildman–Crippen LogP) is 2.83. The minimum atomic E-state index is 0.518. The van der Waals surface area contributed by atoms with E-state index in [1.165, 1.54) is 57.8 Å². The first-order chi connectivity index (χ1) is 11.3. The van der Waals surface area contributed by atoms with Crippen molar-refractivity contribution in [3.63, 3.8) is 0 Å². The van der Waals surface area contributed by atoms with Gasteiger partial charge in [-0.2, -0.15) is 5.10 Å². The molecule has 1 aliphatic heterocycles. The Labute approximate surface area is 139 Å². The summed E-state index contributed by atoms with van der Waals surface area (Å²) in [6.07, 6.45) is 13.7. The number of rotatable bonds is 4. The monoisotopic (exact) mass is 318 g/mol. The van der Waals surface area contributed by atoms with Crippen molar-refractivity contribution in [3.05, 3.63) is 11.6 Å². The van der Waals surface area contributed by atoms with Gasteiger partial charge in [0.25, 0.3) is 0 Å². The van der Waals surface area contributed by atoms with Crippen molar-refractivity contribution in [2.45, 2.75) is 89.4 Å². The zero-order valence-corrected chi connectivity index (χ0v) is 14.4. The summed E-state index contributed by atoms with van der Waals surface area (Å²) in [5, 5.41) is 8.67. The summed E-state index contributed by atoms with van der Waals surface area (Å²) >= 11 is 0. The van der Waals surface area contributed by atoms with E-state index in [4.69, 9.17) is 4.74 Å². The summed E-state index contributed by atoms with van der Waals surface area (Å²) in [6, 6.07) is 1.28. The molecule has 2 atom stereocenters. The molecule has 2 saturated carbocycles. The quantitative estimate of drug-likeness (QED) is 0.927. The molecule has 0 bridgehead atoms. The van der Waals surface area contributed by atoms with Crippen molar-refractivity contribution in [3.8, 4) is 0 Å². The van der Waals surface area contributed by atoms with Gasteiger partial charge in [-0.3, -0.25) is 0 Å². The lowest BCUT2D eigenvalue weighted by Crippen LogP contribution is -2.52. The molecule has 2 aliphatic carbocycles. The van der Waals surface area contributed by atoms with Crippen LogP contribution in [0.25, 0.3) is 0 Å². The van der Waals surface area contributed by atoms with Crippen molar-refractivity contribution in [2.75, 3.05) is 7.11 Å². The number of nitrogens with zero attached hydrogens (tertiary/aromatic N) is 3. The molecule has 1 N–H and O–H groups in total. The van der Waals surface area contributed by atoms with Crippen LogP contribution in [0.4, 0.5) is 0 Å². The zero-order chi connectivity index (χ0) is 15.7. The normalized spacial score (nSPS) is 29.8. The lowest BCUT2D eigenvalue weighted by Gasteiger charge is -2.44. The maximum Gasteiger partial charge on any atom is 0.176 e. The first-order valence-corrected chi connectivity index (χ1v) is 9.47. The molecule has 3 aliphatic rings. The third-order valence-electron chi connectivity index (χ3n) is 6.37. The van der Waals surface area contributed by atoms with E-state index >= 15 is 0 Å². The summed E-state index contributed by atoms with van der Waals surface area (Å²) < 4.78 is 7.27. The molecule has 5 heteroatoms. The van der Waals surface area contributed by atoms with Crippen LogP contribution >= 0.6 is 0 Å². The zero-order valence-electron chi connectivity index (χ0n) is 14.4. The van der Waals surface area contributed by atoms with Crippen LogP contribution < -0.4 is 5.32 Å². The predicted molar refractivity (Wildman–Crippen MR) is 89.1 cm³/mol. The first kappa shape index (κ1) is 15.6. The second-order valence-corrected chi connectivity index (χ2v) is 7.83. The maximum absolute atomic E-state index is 5.16. The van der Waals surface area contributed by atoms with E-state index in [0.717, 1.165) is 30.7 Å². The highest BCUT2D eigenvalue weighted by Crippen LogP contribution is 2.49. The number of nitrogens with one attached hydrogen (secondary N) is 1. The highest BCUT2D eigenvalue weighted by Gasteiger charge is 2.43. The molecule has 0 saturated heterocycles. The number of methoxy groups -OCH3 is 1. The molecule has 23 heavy (non-hydrogen) atoms. The highest BCUT2D eigenvalue weighted by atomic mass is 16.5. The topological polar surface area (TPSA) is 52.0 Å². The van der Waals surface area contributed by atoms with Gasteiger partial charge in [-0.1, -0.05) is 25.7 Å². The Balaban J connectivity index is 1.42. The lowest BCUT2D eigenvalue weighted by molar-refractivity contribution is 0.113. The maximum atomic E-state index is 5.16. The van der Waals surface area contributed by atoms with Crippen molar-refractivity contribution in [1.29, 1.82) is 0 Å². The third-order valence-corrected chi connectivity index (χ3v) is 6.37. The summed E-state index contributed by atoms with van der Waals surface area (Å²) in [6.45, 7) is 1.49. The van der Waals surface area contributed by atoms with E-state index in [1.807, 2.05) is 0 Å². The van der Waals surface area contributed by atoms with E-state index in [9.17, 15) is 0 Å². The van der Waals surface area contributed by atoms with Gasteiger partial charge in [0.1, 0.15) is 12.4 Å². The number of fused-ring (bicyclic) bond motifs is 1. The Bertz CT molecular complexity index is 535. The molecule has 0 aromatic carbocycles. The molecule has 0 unspecified atom stereocenters. The Morgan fingerprint density at radius 1 is 1.17 bits per heavy atom. The summed E-state index contributed by atoms with van der Waals surface area (Å²) in [5.41, 5.74) is 0.613. The van der Waals surface area contributed by atoms with Gasteiger partial charge < -0.3 is 10.1 Å². The average molecular weight is 318 g/mol. The van der Waals surface area contributed by atoms with Gasteiger partial charge in [0.05, 0.1) is 6.54 Å². The van der Waals surface area contributed by atoms with Crippen molar-refractivity contribution >= 4 is 0 Å². The van der Waals surface area contributed by atoms with Gasteiger partial charge in [0, 0.05) is 25.6 Å². The smallest absolute Gasteiger partial charge is 0.176 e. The van der Waals surface area contributed by atoms with Crippen LogP contribution in [-0.4, -0.2) is 34.0 Å². The van der Waals surface area contributed by atoms with Crippen molar-refractivity contribution in [1.82, 2.24) is 20.1 Å². The van der Waals surface area contributed by atoms with E-state index < -0.39 is 0 Å². The minimum Gasteiger partial charge on any atom is -0.377 e. The summed E-state index contributed by atoms with van der Waals surface area (Å²) in [4.78, 5) is 4.59. The van der Waals surface area contributed by atoms with E-state index in [-0.39, 0.29) is 0 Å². The molecule has 2 heterocycles. The summed E-state index contributed by atoms with van der Waals surface area (Å²) in [5.74, 6) is 1.96. The van der Waals surface area contributed by atoms with Crippen molar-refractivity contribution < 1.29 is 4.74 Å². The van der Waals surface area contributed by atoms with Crippen LogP contribution in [0.15, 0.2) is 0 Å². The molecule has 1 spiro atoms. The number of aryl methyl sites for hydroxylation is 1. The molecular formula is C18H30N4O. The fourth-order valence-corrected chi connectivity index (χ4v) is 5.22. The van der Waals surface area contributed by atoms with Crippen LogP contribution in [0.2, 0.25) is 0 Å². The van der Waals surface area contributed by atoms with Gasteiger partial charge in [0.2, 0.25) is 0 Å². The van der Waals surface area contributed by atoms with Gasteiger partial charge in [0.15, 0.2) is 5.82 Å². The van der Waals surface area contributed by atoms with E-state index in [2.05, 4.69) is 20.1 Å². The first-order valence-electron chi connectivity index (χ1n) is 9.47. The number of ether oxygens (including phenoxy) is 1. The lowest BCUT2D eigenvalue weighted by atomic mass is 9.69. The Morgan fingerprint density at radius 2 is 1.96 bits per heavy atom. The second-order valence-electron chi connectivity index (χ2n) is 7.83. The molecule has 5 nitrogen and oxygen atoms in total. The molecule has 128 valence electrons. The average Bonchev–Trinajstić information content (AvgIpc) is 3.17.